The van der Waals surface area contributed by atoms with Crippen molar-refractivity contribution >= 4 is 41.0 Å². The minimum absolute atomic E-state index is 0.0284. The average molecular weight is 566 g/mol. The standard InChI is InChI=1S/C29H25Cl2N3O5/c30-22-9-4-10-23(31)25(22)27(36)34-24(29(37)38)16-18-11-13-20(14-12-18)28-33-21(17-39-28)8-5-15-32-26(35)19-6-2-1-3-7-19/h1-4,6-7,9-14,17,24H,5,8,15-16H2,(H,32,35)(H,34,36)(H,37,38)/t24-/m0/s1. The van der Waals surface area contributed by atoms with E-state index in [9.17, 15) is 19.5 Å². The van der Waals surface area contributed by atoms with E-state index in [-0.39, 0.29) is 27.9 Å². The van der Waals surface area contributed by atoms with Gasteiger partial charge in [0, 0.05) is 24.1 Å². The molecule has 4 rings (SSSR count). The van der Waals surface area contributed by atoms with Gasteiger partial charge in [-0.2, -0.15) is 0 Å². The van der Waals surface area contributed by atoms with Gasteiger partial charge in [0.1, 0.15) is 12.3 Å². The number of carboxylic acid groups (broad SMARTS) is 1. The summed E-state index contributed by atoms with van der Waals surface area (Å²) in [5.74, 6) is -1.54. The Labute approximate surface area is 235 Å². The highest BCUT2D eigenvalue weighted by molar-refractivity contribution is 6.39. The fraction of sp³-hybridized carbons (Fsp3) is 0.172. The zero-order valence-electron chi connectivity index (χ0n) is 20.7. The first kappa shape index (κ1) is 27.9. The van der Waals surface area contributed by atoms with Crippen LogP contribution in [0.15, 0.2) is 83.5 Å². The van der Waals surface area contributed by atoms with Crippen molar-refractivity contribution in [2.24, 2.45) is 0 Å². The fourth-order valence-corrected chi connectivity index (χ4v) is 4.45. The van der Waals surface area contributed by atoms with E-state index in [1.165, 1.54) is 12.1 Å². The van der Waals surface area contributed by atoms with Crippen LogP contribution in [0.1, 0.15) is 38.4 Å². The molecule has 4 aromatic rings. The smallest absolute Gasteiger partial charge is 0.326 e. The van der Waals surface area contributed by atoms with Crippen LogP contribution >= 0.6 is 23.2 Å². The molecule has 1 heterocycles. The molecule has 0 fully saturated rings. The van der Waals surface area contributed by atoms with E-state index in [2.05, 4.69) is 15.6 Å². The summed E-state index contributed by atoms with van der Waals surface area (Å²) < 4.78 is 5.61. The maximum absolute atomic E-state index is 12.6. The molecule has 0 saturated heterocycles. The first-order chi connectivity index (χ1) is 18.8. The topological polar surface area (TPSA) is 122 Å². The SMILES string of the molecule is O=C(NCCCc1coc(-c2ccc(C[C@H](NC(=O)c3c(Cl)cccc3Cl)C(=O)O)cc2)n1)c1ccccc1. The molecule has 8 nitrogen and oxygen atoms in total. The first-order valence-corrected chi connectivity index (χ1v) is 12.9. The second-order valence-corrected chi connectivity index (χ2v) is 9.55. The lowest BCUT2D eigenvalue weighted by atomic mass is 10.0. The van der Waals surface area contributed by atoms with Gasteiger partial charge in [0.15, 0.2) is 0 Å². The van der Waals surface area contributed by atoms with E-state index in [1.807, 2.05) is 18.2 Å². The maximum Gasteiger partial charge on any atom is 0.326 e. The number of oxazole rings is 1. The summed E-state index contributed by atoms with van der Waals surface area (Å²) in [4.78, 5) is 41.1. The fourth-order valence-electron chi connectivity index (χ4n) is 3.88. The molecule has 0 bridgehead atoms. The molecule has 0 unspecified atom stereocenters. The van der Waals surface area contributed by atoms with Crippen molar-refractivity contribution < 1.29 is 23.9 Å². The number of benzene rings is 3. The van der Waals surface area contributed by atoms with Crippen LogP contribution in [0.25, 0.3) is 11.5 Å². The molecule has 10 heteroatoms. The van der Waals surface area contributed by atoms with Gasteiger partial charge in [-0.3, -0.25) is 9.59 Å². The number of hydrogen-bond donors (Lipinski definition) is 3. The lowest BCUT2D eigenvalue weighted by molar-refractivity contribution is -0.139. The Morgan fingerprint density at radius 2 is 1.59 bits per heavy atom. The van der Waals surface area contributed by atoms with Crippen molar-refractivity contribution in [3.8, 4) is 11.5 Å². The number of nitrogens with one attached hydrogen (secondary N) is 2. The van der Waals surface area contributed by atoms with E-state index in [0.29, 0.717) is 36.4 Å². The lowest BCUT2D eigenvalue weighted by Crippen LogP contribution is -2.42. The summed E-state index contributed by atoms with van der Waals surface area (Å²) in [7, 11) is 0. The maximum atomic E-state index is 12.6. The van der Waals surface area contributed by atoms with Gasteiger partial charge in [0.2, 0.25) is 5.89 Å². The molecule has 1 atom stereocenters. The number of carbonyl (C=O) groups excluding carboxylic acids is 2. The second-order valence-electron chi connectivity index (χ2n) is 8.73. The predicted octanol–water partition coefficient (Wildman–Crippen LogP) is 5.44. The van der Waals surface area contributed by atoms with Gasteiger partial charge < -0.3 is 20.2 Å². The van der Waals surface area contributed by atoms with E-state index >= 15 is 0 Å². The van der Waals surface area contributed by atoms with Crippen molar-refractivity contribution in [1.82, 2.24) is 15.6 Å². The molecule has 1 aromatic heterocycles. The van der Waals surface area contributed by atoms with Crippen molar-refractivity contribution in [3.05, 3.63) is 111 Å². The van der Waals surface area contributed by atoms with Gasteiger partial charge in [-0.15, -0.1) is 0 Å². The molecular formula is C29H25Cl2N3O5. The zero-order chi connectivity index (χ0) is 27.8. The lowest BCUT2D eigenvalue weighted by Gasteiger charge is -2.16. The molecule has 2 amide bonds. The number of aromatic nitrogens is 1. The Morgan fingerprint density at radius 1 is 0.897 bits per heavy atom. The summed E-state index contributed by atoms with van der Waals surface area (Å²) in [6.07, 6.45) is 2.96. The molecule has 0 spiro atoms. The van der Waals surface area contributed by atoms with Crippen molar-refractivity contribution in [2.75, 3.05) is 6.54 Å². The van der Waals surface area contributed by atoms with Crippen LogP contribution in [0.3, 0.4) is 0 Å². The summed E-state index contributed by atoms with van der Waals surface area (Å²) in [6.45, 7) is 0.509. The number of halogens is 2. The van der Waals surface area contributed by atoms with Gasteiger partial charge in [-0.1, -0.05) is 59.6 Å². The summed E-state index contributed by atoms with van der Waals surface area (Å²) >= 11 is 12.1. The highest BCUT2D eigenvalue weighted by Crippen LogP contribution is 2.25. The molecule has 3 aromatic carbocycles. The molecule has 0 aliphatic carbocycles. The van der Waals surface area contributed by atoms with Crippen LogP contribution in [0, 0.1) is 0 Å². The number of rotatable bonds is 11. The van der Waals surface area contributed by atoms with Crippen molar-refractivity contribution in [2.45, 2.75) is 25.3 Å². The van der Waals surface area contributed by atoms with Crippen LogP contribution in [-0.4, -0.2) is 40.5 Å². The molecular weight excluding hydrogens is 541 g/mol. The Kier molecular flexibility index (Phi) is 9.35. The minimum Gasteiger partial charge on any atom is -0.480 e. The third-order valence-corrected chi connectivity index (χ3v) is 6.55. The molecule has 3 N–H and O–H groups in total. The van der Waals surface area contributed by atoms with Gasteiger partial charge in [-0.25, -0.2) is 9.78 Å². The number of amides is 2. The normalized spacial score (nSPS) is 11.5. The highest BCUT2D eigenvalue weighted by Gasteiger charge is 2.24. The summed E-state index contributed by atoms with van der Waals surface area (Å²) in [5, 5.41) is 15.3. The van der Waals surface area contributed by atoms with Crippen LogP contribution in [0.2, 0.25) is 10.0 Å². The van der Waals surface area contributed by atoms with E-state index in [1.54, 1.807) is 48.7 Å². The number of carbonyl (C=O) groups is 3. The van der Waals surface area contributed by atoms with Crippen LogP contribution < -0.4 is 10.6 Å². The largest absolute Gasteiger partial charge is 0.480 e. The van der Waals surface area contributed by atoms with Gasteiger partial charge in [0.25, 0.3) is 11.8 Å². The zero-order valence-corrected chi connectivity index (χ0v) is 22.2. The Bertz CT molecular complexity index is 1440. The molecule has 0 radical (unpaired) electrons. The molecule has 39 heavy (non-hydrogen) atoms. The van der Waals surface area contributed by atoms with Gasteiger partial charge >= 0.3 is 5.97 Å². The Morgan fingerprint density at radius 3 is 2.26 bits per heavy atom. The van der Waals surface area contributed by atoms with Gasteiger partial charge in [0.05, 0.1) is 21.3 Å². The molecule has 200 valence electrons. The molecule has 0 aliphatic heterocycles. The number of aryl methyl sites for hydroxylation is 1. The third kappa shape index (κ3) is 7.46. The van der Waals surface area contributed by atoms with Crippen LogP contribution in [0.4, 0.5) is 0 Å². The summed E-state index contributed by atoms with van der Waals surface area (Å²) in [6, 6.07) is 19.5. The Hall–Kier alpha value is -4.14. The quantitative estimate of drug-likeness (QED) is 0.208. The number of hydrogen-bond acceptors (Lipinski definition) is 5. The van der Waals surface area contributed by atoms with E-state index < -0.39 is 17.9 Å². The van der Waals surface area contributed by atoms with Crippen molar-refractivity contribution in [3.63, 3.8) is 0 Å². The van der Waals surface area contributed by atoms with E-state index in [4.69, 9.17) is 27.6 Å². The second kappa shape index (κ2) is 13.1. The van der Waals surface area contributed by atoms with Gasteiger partial charge in [-0.05, 0) is 54.8 Å². The monoisotopic (exact) mass is 565 g/mol. The van der Waals surface area contributed by atoms with E-state index in [0.717, 1.165) is 11.3 Å². The highest BCUT2D eigenvalue weighted by atomic mass is 35.5. The first-order valence-electron chi connectivity index (χ1n) is 12.2. The molecule has 0 aliphatic rings. The number of nitrogens with zero attached hydrogens (tertiary/aromatic N) is 1. The molecule has 0 saturated carbocycles. The summed E-state index contributed by atoms with van der Waals surface area (Å²) in [5.41, 5.74) is 2.82. The van der Waals surface area contributed by atoms with Crippen LogP contribution in [0.5, 0.6) is 0 Å². The number of aliphatic carboxylic acids is 1. The average Bonchev–Trinajstić information content (AvgIpc) is 3.40. The number of carboxylic acids is 1. The minimum atomic E-state index is -1.19. The predicted molar refractivity (Wildman–Crippen MR) is 148 cm³/mol. The van der Waals surface area contributed by atoms with Crippen molar-refractivity contribution in [1.29, 1.82) is 0 Å². The third-order valence-electron chi connectivity index (χ3n) is 5.92. The Balaban J connectivity index is 1.31. The van der Waals surface area contributed by atoms with Crippen LogP contribution in [-0.2, 0) is 17.6 Å².